The molecule has 20 heavy (non-hydrogen) atoms. The summed E-state index contributed by atoms with van der Waals surface area (Å²) in [7, 11) is 1.34. The smallest absolute Gasteiger partial charge is 0.305 e. The molecule has 0 atom stereocenters. The van der Waals surface area contributed by atoms with Gasteiger partial charge in [0.2, 0.25) is 5.91 Å². The van der Waals surface area contributed by atoms with Gasteiger partial charge in [-0.3, -0.25) is 14.6 Å². The number of methoxy groups -OCH3 is 1. The molecular weight excluding hydrogens is 256 g/mol. The summed E-state index contributed by atoms with van der Waals surface area (Å²) in [6.07, 6.45) is 2.68. The van der Waals surface area contributed by atoms with Crippen LogP contribution in [-0.2, 0) is 14.3 Å². The number of nitrogens with zero attached hydrogens (tertiary/aromatic N) is 1. The lowest BCUT2D eigenvalue weighted by molar-refractivity contribution is -0.140. The van der Waals surface area contributed by atoms with Crippen LogP contribution >= 0.6 is 0 Å². The molecule has 0 radical (unpaired) electrons. The van der Waals surface area contributed by atoms with Crippen molar-refractivity contribution in [3.63, 3.8) is 0 Å². The Labute approximate surface area is 117 Å². The molecule has 1 amide bonds. The summed E-state index contributed by atoms with van der Waals surface area (Å²) in [5.41, 5.74) is 1.45. The summed E-state index contributed by atoms with van der Waals surface area (Å²) >= 11 is 0. The molecule has 0 unspecified atom stereocenters. The molecule has 0 fully saturated rings. The van der Waals surface area contributed by atoms with Crippen LogP contribution in [0.4, 0.5) is 5.69 Å². The highest BCUT2D eigenvalue weighted by atomic mass is 16.5. The molecule has 2 rings (SSSR count). The molecule has 0 aliphatic carbocycles. The Kier molecular flexibility index (Phi) is 4.65. The van der Waals surface area contributed by atoms with Gasteiger partial charge in [0.15, 0.2) is 0 Å². The van der Waals surface area contributed by atoms with Crippen molar-refractivity contribution in [1.82, 2.24) is 4.98 Å². The Bertz CT molecular complexity index is 620. The number of nitrogens with one attached hydrogen (secondary N) is 1. The lowest BCUT2D eigenvalue weighted by Crippen LogP contribution is -2.12. The predicted molar refractivity (Wildman–Crippen MR) is 76.2 cm³/mol. The summed E-state index contributed by atoms with van der Waals surface area (Å²) in [5, 5.41) is 3.80. The van der Waals surface area contributed by atoms with E-state index in [1.54, 1.807) is 6.20 Å². The van der Waals surface area contributed by atoms with Crippen molar-refractivity contribution in [2.24, 2.45) is 0 Å². The van der Waals surface area contributed by atoms with E-state index < -0.39 is 0 Å². The monoisotopic (exact) mass is 272 g/mol. The first kappa shape index (κ1) is 14.0. The molecule has 0 spiro atoms. The molecule has 0 aliphatic heterocycles. The van der Waals surface area contributed by atoms with E-state index in [2.05, 4.69) is 15.0 Å². The maximum absolute atomic E-state index is 11.8. The molecule has 2 aromatic rings. The molecule has 1 N–H and O–H groups in total. The minimum atomic E-state index is -0.301. The third-order valence-corrected chi connectivity index (χ3v) is 2.92. The standard InChI is InChI=1S/C15H16N2O3/c1-20-14(19)9-3-8-13(18)17-12-7-2-5-11-6-4-10-16-15(11)12/h2,4-7,10H,3,8-9H2,1H3,(H,17,18). The molecule has 5 heteroatoms. The third-order valence-electron chi connectivity index (χ3n) is 2.92. The summed E-state index contributed by atoms with van der Waals surface area (Å²) < 4.78 is 4.53. The number of aromatic nitrogens is 1. The van der Waals surface area contributed by atoms with Crippen LogP contribution in [0.3, 0.4) is 0 Å². The number of rotatable bonds is 5. The van der Waals surface area contributed by atoms with Crippen LogP contribution in [0.5, 0.6) is 0 Å². The van der Waals surface area contributed by atoms with Crippen molar-refractivity contribution in [1.29, 1.82) is 0 Å². The summed E-state index contributed by atoms with van der Waals surface area (Å²) in [5.74, 6) is -0.434. The van der Waals surface area contributed by atoms with E-state index in [9.17, 15) is 9.59 Å². The molecule has 0 saturated carbocycles. The van der Waals surface area contributed by atoms with Gasteiger partial charge in [-0.1, -0.05) is 18.2 Å². The number of benzene rings is 1. The summed E-state index contributed by atoms with van der Waals surface area (Å²) in [6.45, 7) is 0. The number of ether oxygens (including phenoxy) is 1. The van der Waals surface area contributed by atoms with Gasteiger partial charge in [0.05, 0.1) is 18.3 Å². The topological polar surface area (TPSA) is 68.3 Å². The van der Waals surface area contributed by atoms with Gasteiger partial charge in [-0.2, -0.15) is 0 Å². The van der Waals surface area contributed by atoms with E-state index in [0.717, 1.165) is 10.9 Å². The lowest BCUT2D eigenvalue weighted by Gasteiger charge is -2.07. The molecule has 0 saturated heterocycles. The van der Waals surface area contributed by atoms with Gasteiger partial charge in [-0.15, -0.1) is 0 Å². The Hall–Kier alpha value is -2.43. The van der Waals surface area contributed by atoms with Gasteiger partial charge < -0.3 is 10.1 Å². The normalized spacial score (nSPS) is 10.2. The zero-order valence-electron chi connectivity index (χ0n) is 11.3. The fraction of sp³-hybridized carbons (Fsp3) is 0.267. The van der Waals surface area contributed by atoms with Crippen LogP contribution in [0.1, 0.15) is 19.3 Å². The maximum Gasteiger partial charge on any atom is 0.305 e. The second-order valence-electron chi connectivity index (χ2n) is 4.36. The van der Waals surface area contributed by atoms with Crippen LogP contribution in [0, 0.1) is 0 Å². The maximum atomic E-state index is 11.8. The van der Waals surface area contributed by atoms with Crippen LogP contribution in [-0.4, -0.2) is 24.0 Å². The van der Waals surface area contributed by atoms with Gasteiger partial charge in [-0.25, -0.2) is 0 Å². The van der Waals surface area contributed by atoms with E-state index in [-0.39, 0.29) is 24.7 Å². The number of carbonyl (C=O) groups excluding carboxylic acids is 2. The van der Waals surface area contributed by atoms with Gasteiger partial charge in [0.1, 0.15) is 0 Å². The van der Waals surface area contributed by atoms with Crippen LogP contribution in [0.25, 0.3) is 10.9 Å². The molecule has 1 heterocycles. The first-order valence-corrected chi connectivity index (χ1v) is 6.41. The minimum absolute atomic E-state index is 0.132. The number of para-hydroxylation sites is 1. The second kappa shape index (κ2) is 6.65. The first-order valence-electron chi connectivity index (χ1n) is 6.41. The zero-order chi connectivity index (χ0) is 14.4. The highest BCUT2D eigenvalue weighted by molar-refractivity contribution is 6.00. The average molecular weight is 272 g/mol. The average Bonchev–Trinajstić information content (AvgIpc) is 2.47. The molecule has 104 valence electrons. The number of pyridine rings is 1. The van der Waals surface area contributed by atoms with Gasteiger partial charge in [0.25, 0.3) is 0 Å². The first-order chi connectivity index (χ1) is 9.70. The van der Waals surface area contributed by atoms with Gasteiger partial charge in [-0.05, 0) is 18.6 Å². The van der Waals surface area contributed by atoms with Crippen molar-refractivity contribution >= 4 is 28.5 Å². The van der Waals surface area contributed by atoms with Crippen molar-refractivity contribution in [2.45, 2.75) is 19.3 Å². The van der Waals surface area contributed by atoms with Crippen molar-refractivity contribution in [3.05, 3.63) is 36.5 Å². The Morgan fingerprint density at radius 3 is 2.80 bits per heavy atom. The second-order valence-corrected chi connectivity index (χ2v) is 4.36. The highest BCUT2D eigenvalue weighted by Gasteiger charge is 2.08. The summed E-state index contributed by atoms with van der Waals surface area (Å²) in [6, 6.07) is 9.41. The largest absolute Gasteiger partial charge is 0.469 e. The van der Waals surface area contributed by atoms with E-state index in [4.69, 9.17) is 0 Å². The fourth-order valence-corrected chi connectivity index (χ4v) is 1.91. The van der Waals surface area contributed by atoms with E-state index >= 15 is 0 Å². The van der Waals surface area contributed by atoms with E-state index in [0.29, 0.717) is 12.1 Å². The number of anilines is 1. The molecular formula is C15H16N2O3. The predicted octanol–water partition coefficient (Wildman–Crippen LogP) is 2.52. The number of amides is 1. The number of hydrogen-bond acceptors (Lipinski definition) is 4. The molecule has 1 aromatic carbocycles. The van der Waals surface area contributed by atoms with Crippen molar-refractivity contribution in [3.8, 4) is 0 Å². The number of fused-ring (bicyclic) bond motifs is 1. The zero-order valence-corrected chi connectivity index (χ0v) is 11.3. The van der Waals surface area contributed by atoms with E-state index in [1.165, 1.54) is 7.11 Å². The van der Waals surface area contributed by atoms with Crippen molar-refractivity contribution < 1.29 is 14.3 Å². The SMILES string of the molecule is COC(=O)CCCC(=O)Nc1cccc2cccnc12. The van der Waals surface area contributed by atoms with Crippen LogP contribution in [0.2, 0.25) is 0 Å². The third kappa shape index (κ3) is 3.54. The Balaban J connectivity index is 1.98. The quantitative estimate of drug-likeness (QED) is 0.849. The fourth-order valence-electron chi connectivity index (χ4n) is 1.91. The Morgan fingerprint density at radius 2 is 2.00 bits per heavy atom. The van der Waals surface area contributed by atoms with Gasteiger partial charge in [0, 0.05) is 24.4 Å². The lowest BCUT2D eigenvalue weighted by atomic mass is 10.2. The molecule has 1 aromatic heterocycles. The summed E-state index contributed by atoms with van der Waals surface area (Å²) in [4.78, 5) is 27.1. The van der Waals surface area contributed by atoms with E-state index in [1.807, 2.05) is 30.3 Å². The minimum Gasteiger partial charge on any atom is -0.469 e. The number of carbonyl (C=O) groups is 2. The highest BCUT2D eigenvalue weighted by Crippen LogP contribution is 2.20. The number of hydrogen-bond donors (Lipinski definition) is 1. The molecule has 0 bridgehead atoms. The molecule has 5 nitrogen and oxygen atoms in total. The molecule has 0 aliphatic rings. The van der Waals surface area contributed by atoms with Crippen LogP contribution < -0.4 is 5.32 Å². The van der Waals surface area contributed by atoms with Crippen molar-refractivity contribution in [2.75, 3.05) is 12.4 Å². The Morgan fingerprint density at radius 1 is 1.20 bits per heavy atom. The van der Waals surface area contributed by atoms with Gasteiger partial charge >= 0.3 is 5.97 Å². The number of esters is 1. The van der Waals surface area contributed by atoms with Crippen LogP contribution in [0.15, 0.2) is 36.5 Å².